The van der Waals surface area contributed by atoms with Crippen molar-refractivity contribution in [3.05, 3.63) is 135 Å². The minimum absolute atomic E-state index is 0.276. The van der Waals surface area contributed by atoms with Crippen LogP contribution < -0.4 is 0 Å². The third-order valence-electron chi connectivity index (χ3n) is 7.05. The van der Waals surface area contributed by atoms with Crippen molar-refractivity contribution in [1.82, 2.24) is 19.7 Å². The standard InChI is InChI=1S/C31H25IN4O2/c1-2-38-29(37)27-25-19-18-21-20-33-30(32)34-26(21)28(25)36(35-27)31(22-12-6-3-7-13-22,23-14-8-4-9-15-23)24-16-10-5-11-17-24/h3-17,20H,2,18-19H2,1H3. The highest BCUT2D eigenvalue weighted by atomic mass is 127. The van der Waals surface area contributed by atoms with E-state index in [-0.39, 0.29) is 6.61 Å². The van der Waals surface area contributed by atoms with Gasteiger partial charge in [0.2, 0.25) is 0 Å². The third kappa shape index (κ3) is 3.93. The molecule has 2 aromatic heterocycles. The number of carbonyl (C=O) groups excluding carboxylic acids is 1. The minimum atomic E-state index is -0.885. The first-order valence-corrected chi connectivity index (χ1v) is 13.7. The summed E-state index contributed by atoms with van der Waals surface area (Å²) in [6.45, 7) is 2.09. The van der Waals surface area contributed by atoms with Crippen LogP contribution in [0.2, 0.25) is 0 Å². The summed E-state index contributed by atoms with van der Waals surface area (Å²) in [5, 5.41) is 5.12. The summed E-state index contributed by atoms with van der Waals surface area (Å²) in [4.78, 5) is 22.7. The van der Waals surface area contributed by atoms with E-state index in [9.17, 15) is 4.79 Å². The van der Waals surface area contributed by atoms with Crippen molar-refractivity contribution in [2.75, 3.05) is 6.61 Å². The Morgan fingerprint density at radius 1 is 0.895 bits per heavy atom. The van der Waals surface area contributed by atoms with Crippen LogP contribution in [0.15, 0.2) is 97.2 Å². The van der Waals surface area contributed by atoms with Crippen LogP contribution in [-0.2, 0) is 23.1 Å². The molecule has 5 aromatic rings. The highest BCUT2D eigenvalue weighted by molar-refractivity contribution is 14.1. The van der Waals surface area contributed by atoms with Gasteiger partial charge in [-0.2, -0.15) is 5.10 Å². The Morgan fingerprint density at radius 2 is 1.45 bits per heavy atom. The number of hydrogen-bond donors (Lipinski definition) is 0. The number of esters is 1. The van der Waals surface area contributed by atoms with Gasteiger partial charge in [-0.05, 0) is 42.0 Å². The third-order valence-corrected chi connectivity index (χ3v) is 7.57. The lowest BCUT2D eigenvalue weighted by Gasteiger charge is -2.38. The number of aromatic nitrogens is 4. The molecule has 0 radical (unpaired) electrons. The van der Waals surface area contributed by atoms with Gasteiger partial charge in [-0.1, -0.05) is 91.0 Å². The molecule has 0 bridgehead atoms. The number of ether oxygens (including phenoxy) is 1. The Bertz CT molecular complexity index is 1510. The summed E-state index contributed by atoms with van der Waals surface area (Å²) in [6, 6.07) is 31.0. The number of rotatable bonds is 6. The number of aryl methyl sites for hydroxylation is 1. The molecule has 3 aromatic carbocycles. The first kappa shape index (κ1) is 24.5. The van der Waals surface area contributed by atoms with Crippen molar-refractivity contribution in [2.24, 2.45) is 0 Å². The smallest absolute Gasteiger partial charge is 0.359 e. The fourth-order valence-corrected chi connectivity index (χ4v) is 5.85. The van der Waals surface area contributed by atoms with E-state index in [2.05, 4.69) is 64.0 Å². The molecule has 38 heavy (non-hydrogen) atoms. The zero-order valence-electron chi connectivity index (χ0n) is 20.8. The molecule has 1 aliphatic rings. The van der Waals surface area contributed by atoms with Gasteiger partial charge in [0, 0.05) is 34.4 Å². The molecule has 7 heteroatoms. The van der Waals surface area contributed by atoms with Crippen molar-refractivity contribution < 1.29 is 9.53 Å². The van der Waals surface area contributed by atoms with E-state index in [1.807, 2.05) is 72.4 Å². The quantitative estimate of drug-likeness (QED) is 0.101. The lowest BCUT2D eigenvalue weighted by Crippen LogP contribution is -2.39. The average molecular weight is 612 g/mol. The molecule has 6 rings (SSSR count). The molecule has 1 aliphatic carbocycles. The molecule has 0 fully saturated rings. The van der Waals surface area contributed by atoms with Crippen LogP contribution in [0.3, 0.4) is 0 Å². The first-order valence-electron chi connectivity index (χ1n) is 12.6. The highest BCUT2D eigenvalue weighted by Gasteiger charge is 2.44. The number of hydrogen-bond acceptors (Lipinski definition) is 5. The maximum absolute atomic E-state index is 13.3. The molecule has 0 saturated heterocycles. The molecule has 0 spiro atoms. The molecule has 6 nitrogen and oxygen atoms in total. The number of carbonyl (C=O) groups is 1. The first-order chi connectivity index (χ1) is 18.6. The van der Waals surface area contributed by atoms with Crippen molar-refractivity contribution >= 4 is 28.6 Å². The molecule has 0 atom stereocenters. The van der Waals surface area contributed by atoms with Gasteiger partial charge < -0.3 is 4.74 Å². The predicted octanol–water partition coefficient (Wildman–Crippen LogP) is 6.06. The normalized spacial score (nSPS) is 12.5. The van der Waals surface area contributed by atoms with Gasteiger partial charge in [0.25, 0.3) is 0 Å². The van der Waals surface area contributed by atoms with Crippen LogP contribution in [-0.4, -0.2) is 32.3 Å². The summed E-state index contributed by atoms with van der Waals surface area (Å²) in [7, 11) is 0. The minimum Gasteiger partial charge on any atom is -0.461 e. The molecule has 0 unspecified atom stereocenters. The summed E-state index contributed by atoms with van der Waals surface area (Å²) < 4.78 is 8.15. The largest absolute Gasteiger partial charge is 0.461 e. The molecule has 188 valence electrons. The van der Waals surface area contributed by atoms with E-state index in [0.717, 1.165) is 45.6 Å². The molecule has 0 amide bonds. The number of halogens is 1. The van der Waals surface area contributed by atoms with Gasteiger partial charge in [-0.3, -0.25) is 0 Å². The lowest BCUT2D eigenvalue weighted by molar-refractivity contribution is 0.0516. The van der Waals surface area contributed by atoms with E-state index >= 15 is 0 Å². The summed E-state index contributed by atoms with van der Waals surface area (Å²) in [6.07, 6.45) is 3.27. The maximum atomic E-state index is 13.3. The van der Waals surface area contributed by atoms with Gasteiger partial charge >= 0.3 is 5.97 Å². The monoisotopic (exact) mass is 612 g/mol. The Balaban J connectivity index is 1.80. The number of fused-ring (bicyclic) bond motifs is 3. The average Bonchev–Trinajstić information content (AvgIpc) is 3.36. The summed E-state index contributed by atoms with van der Waals surface area (Å²) in [5.41, 5.74) is 6.05. The van der Waals surface area contributed by atoms with Crippen molar-refractivity contribution in [2.45, 2.75) is 25.3 Å². The summed E-state index contributed by atoms with van der Waals surface area (Å²) >= 11 is 2.14. The molecular weight excluding hydrogens is 587 g/mol. The van der Waals surface area contributed by atoms with E-state index in [1.54, 1.807) is 0 Å². The van der Waals surface area contributed by atoms with Gasteiger partial charge in [0.1, 0.15) is 5.54 Å². The number of nitrogens with zero attached hydrogens (tertiary/aromatic N) is 4. The highest BCUT2D eigenvalue weighted by Crippen LogP contribution is 2.46. The molecule has 0 aliphatic heterocycles. The zero-order valence-corrected chi connectivity index (χ0v) is 23.0. The van der Waals surface area contributed by atoms with E-state index < -0.39 is 11.5 Å². The molecule has 0 saturated carbocycles. The predicted molar refractivity (Wildman–Crippen MR) is 154 cm³/mol. The Morgan fingerprint density at radius 3 is 1.97 bits per heavy atom. The Labute approximate surface area is 234 Å². The Kier molecular flexibility index (Phi) is 6.53. The van der Waals surface area contributed by atoms with Crippen LogP contribution >= 0.6 is 22.6 Å². The summed E-state index contributed by atoms with van der Waals surface area (Å²) in [5.74, 6) is -0.419. The second-order valence-electron chi connectivity index (χ2n) is 9.13. The van der Waals surface area contributed by atoms with E-state index in [4.69, 9.17) is 14.8 Å². The van der Waals surface area contributed by atoms with Gasteiger partial charge in [-0.15, -0.1) is 0 Å². The lowest BCUT2D eigenvalue weighted by atomic mass is 9.76. The van der Waals surface area contributed by atoms with Crippen molar-refractivity contribution in [3.8, 4) is 11.4 Å². The topological polar surface area (TPSA) is 69.9 Å². The van der Waals surface area contributed by atoms with Gasteiger partial charge in [0.15, 0.2) is 9.53 Å². The molecular formula is C31H25IN4O2. The Hall–Kier alpha value is -3.85. The second kappa shape index (κ2) is 10.1. The van der Waals surface area contributed by atoms with Crippen LogP contribution in [0.25, 0.3) is 11.4 Å². The van der Waals surface area contributed by atoms with Gasteiger partial charge in [-0.25, -0.2) is 19.4 Å². The number of benzene rings is 3. The zero-order chi connectivity index (χ0) is 26.1. The maximum Gasteiger partial charge on any atom is 0.359 e. The molecule has 2 heterocycles. The SMILES string of the molecule is CCOC(=O)c1nn(C(c2ccccc2)(c2ccccc2)c2ccccc2)c2c1CCc1cnc(I)nc1-2. The van der Waals surface area contributed by atoms with E-state index in [0.29, 0.717) is 15.9 Å². The van der Waals surface area contributed by atoms with Crippen molar-refractivity contribution in [1.29, 1.82) is 0 Å². The van der Waals surface area contributed by atoms with Crippen LogP contribution in [0.4, 0.5) is 0 Å². The second-order valence-corrected chi connectivity index (χ2v) is 10.1. The van der Waals surface area contributed by atoms with Crippen LogP contribution in [0.5, 0.6) is 0 Å². The van der Waals surface area contributed by atoms with Crippen LogP contribution in [0, 0.1) is 3.83 Å². The fraction of sp³-hybridized carbons (Fsp3) is 0.161. The van der Waals surface area contributed by atoms with Crippen LogP contribution in [0.1, 0.15) is 45.2 Å². The van der Waals surface area contributed by atoms with Crippen molar-refractivity contribution in [3.63, 3.8) is 0 Å². The van der Waals surface area contributed by atoms with Gasteiger partial charge in [0.05, 0.1) is 18.0 Å². The van der Waals surface area contributed by atoms with E-state index in [1.165, 1.54) is 0 Å². The molecule has 0 N–H and O–H groups in total. The fourth-order valence-electron chi connectivity index (χ4n) is 5.47.